The maximum atomic E-state index is 12.5. The van der Waals surface area contributed by atoms with E-state index in [1.54, 1.807) is 6.07 Å². The van der Waals surface area contributed by atoms with Crippen molar-refractivity contribution in [3.8, 4) is 5.75 Å². The zero-order chi connectivity index (χ0) is 19.4. The maximum absolute atomic E-state index is 12.5. The second kappa shape index (κ2) is 8.16. The lowest BCUT2D eigenvalue weighted by Gasteiger charge is -2.42. The molecule has 1 heterocycles. The van der Waals surface area contributed by atoms with Gasteiger partial charge in [-0.15, -0.1) is 13.2 Å². The highest BCUT2D eigenvalue weighted by atomic mass is 19.4. The average Bonchev–Trinajstić information content (AvgIpc) is 2.54. The fraction of sp³-hybridized carbons (Fsp3) is 0.611. The summed E-state index contributed by atoms with van der Waals surface area (Å²) in [6.45, 7) is 8.91. The quantitative estimate of drug-likeness (QED) is 0.609. The molecule has 0 saturated carbocycles. The minimum absolute atomic E-state index is 0.0568. The van der Waals surface area contributed by atoms with E-state index in [0.717, 1.165) is 19.5 Å². The Morgan fingerprint density at radius 3 is 2.69 bits per heavy atom. The highest BCUT2D eigenvalue weighted by Gasteiger charge is 2.32. The Labute approximate surface area is 152 Å². The molecule has 1 atom stereocenters. The van der Waals surface area contributed by atoms with E-state index >= 15 is 0 Å². The third kappa shape index (κ3) is 6.09. The summed E-state index contributed by atoms with van der Waals surface area (Å²) in [5.41, 5.74) is 5.83. The van der Waals surface area contributed by atoms with Crippen LogP contribution in [0.15, 0.2) is 29.3 Å². The third-order valence-electron chi connectivity index (χ3n) is 4.52. The van der Waals surface area contributed by atoms with Gasteiger partial charge < -0.3 is 15.8 Å². The van der Waals surface area contributed by atoms with Crippen LogP contribution in [0.1, 0.15) is 33.6 Å². The number of anilines is 1. The molecule has 0 aromatic heterocycles. The Morgan fingerprint density at radius 2 is 2.04 bits per heavy atom. The van der Waals surface area contributed by atoms with Crippen molar-refractivity contribution >= 4 is 11.6 Å². The average molecular weight is 372 g/mol. The summed E-state index contributed by atoms with van der Waals surface area (Å²) in [5.74, 6) is 0.359. The fourth-order valence-corrected chi connectivity index (χ4v) is 3.08. The van der Waals surface area contributed by atoms with Gasteiger partial charge in [0.25, 0.3) is 0 Å². The second-order valence-electron chi connectivity index (χ2n) is 7.38. The van der Waals surface area contributed by atoms with Crippen LogP contribution in [0.25, 0.3) is 0 Å². The number of benzene rings is 1. The van der Waals surface area contributed by atoms with Gasteiger partial charge in [-0.2, -0.15) is 0 Å². The van der Waals surface area contributed by atoms with Crippen molar-refractivity contribution in [3.05, 3.63) is 24.3 Å². The zero-order valence-corrected chi connectivity index (χ0v) is 15.4. The summed E-state index contributed by atoms with van der Waals surface area (Å²) in [4.78, 5) is 6.72. The van der Waals surface area contributed by atoms with Crippen LogP contribution in [0.5, 0.6) is 5.75 Å². The molecule has 146 valence electrons. The first-order valence-corrected chi connectivity index (χ1v) is 8.73. The number of nitrogens with two attached hydrogens (primary N) is 1. The molecule has 1 aliphatic rings. The second-order valence-corrected chi connectivity index (χ2v) is 7.38. The molecule has 5 nitrogen and oxygen atoms in total. The van der Waals surface area contributed by atoms with Crippen molar-refractivity contribution < 1.29 is 17.9 Å². The SMILES string of the molecule is CC1CCCN(C(C)(C)CN=C(N)Nc2ccccc2OC(F)(F)F)C1. The topological polar surface area (TPSA) is 62.9 Å². The van der Waals surface area contributed by atoms with Crippen LogP contribution in [-0.2, 0) is 0 Å². The number of hydrogen-bond donors (Lipinski definition) is 2. The first-order chi connectivity index (χ1) is 12.1. The summed E-state index contributed by atoms with van der Waals surface area (Å²) < 4.78 is 41.5. The van der Waals surface area contributed by atoms with Gasteiger partial charge in [-0.3, -0.25) is 9.89 Å². The summed E-state index contributed by atoms with van der Waals surface area (Å²) in [6, 6.07) is 5.74. The first-order valence-electron chi connectivity index (χ1n) is 8.73. The number of alkyl halides is 3. The lowest BCUT2D eigenvalue weighted by Crippen LogP contribution is -2.51. The van der Waals surface area contributed by atoms with Gasteiger partial charge in [0, 0.05) is 12.1 Å². The third-order valence-corrected chi connectivity index (χ3v) is 4.52. The number of guanidine groups is 1. The zero-order valence-electron chi connectivity index (χ0n) is 15.4. The van der Waals surface area contributed by atoms with Crippen molar-refractivity contribution in [1.29, 1.82) is 0 Å². The van der Waals surface area contributed by atoms with E-state index in [1.807, 2.05) is 0 Å². The van der Waals surface area contributed by atoms with E-state index in [4.69, 9.17) is 5.73 Å². The van der Waals surface area contributed by atoms with Crippen molar-refractivity contribution in [2.24, 2.45) is 16.6 Å². The van der Waals surface area contributed by atoms with Crippen LogP contribution < -0.4 is 15.8 Å². The van der Waals surface area contributed by atoms with Gasteiger partial charge in [0.15, 0.2) is 11.7 Å². The van der Waals surface area contributed by atoms with Crippen molar-refractivity contribution in [1.82, 2.24) is 4.90 Å². The predicted molar refractivity (Wildman–Crippen MR) is 97.3 cm³/mol. The van der Waals surface area contributed by atoms with Gasteiger partial charge in [0.1, 0.15) is 0 Å². The van der Waals surface area contributed by atoms with Crippen molar-refractivity contribution in [3.63, 3.8) is 0 Å². The van der Waals surface area contributed by atoms with Gasteiger partial charge in [-0.05, 0) is 51.3 Å². The molecule has 8 heteroatoms. The lowest BCUT2D eigenvalue weighted by atomic mass is 9.94. The molecule has 26 heavy (non-hydrogen) atoms. The Bertz CT molecular complexity index is 631. The van der Waals surface area contributed by atoms with Gasteiger partial charge in [0.2, 0.25) is 0 Å². The summed E-state index contributed by atoms with van der Waals surface area (Å²) in [6.07, 6.45) is -2.38. The molecular formula is C18H27F3N4O. The molecule has 1 aromatic carbocycles. The van der Waals surface area contributed by atoms with Gasteiger partial charge in [0.05, 0.1) is 12.2 Å². The van der Waals surface area contributed by atoms with E-state index in [-0.39, 0.29) is 22.9 Å². The number of aliphatic imine (C=N–C) groups is 1. The number of para-hydroxylation sites is 2. The summed E-state index contributed by atoms with van der Waals surface area (Å²) in [7, 11) is 0. The number of ether oxygens (including phenoxy) is 1. The van der Waals surface area contributed by atoms with Crippen molar-refractivity contribution in [2.45, 2.75) is 45.5 Å². The van der Waals surface area contributed by atoms with E-state index in [2.05, 4.69) is 40.7 Å². The smallest absolute Gasteiger partial charge is 0.404 e. The molecular weight excluding hydrogens is 345 g/mol. The number of rotatable bonds is 5. The molecule has 1 unspecified atom stereocenters. The molecule has 0 radical (unpaired) electrons. The number of nitrogens with one attached hydrogen (secondary N) is 1. The minimum atomic E-state index is -4.77. The Morgan fingerprint density at radius 1 is 1.35 bits per heavy atom. The molecule has 1 aliphatic heterocycles. The molecule has 0 bridgehead atoms. The van der Waals surface area contributed by atoms with Crippen LogP contribution in [0.4, 0.5) is 18.9 Å². The molecule has 0 amide bonds. The normalized spacial score (nSPS) is 20.1. The molecule has 0 spiro atoms. The highest BCUT2D eigenvalue weighted by molar-refractivity contribution is 5.93. The molecule has 0 aliphatic carbocycles. The number of halogens is 3. The monoisotopic (exact) mass is 372 g/mol. The van der Waals surface area contributed by atoms with E-state index < -0.39 is 6.36 Å². The van der Waals surface area contributed by atoms with Gasteiger partial charge in [-0.25, -0.2) is 0 Å². The molecule has 3 N–H and O–H groups in total. The Kier molecular flexibility index (Phi) is 6.39. The Balaban J connectivity index is 2.02. The lowest BCUT2D eigenvalue weighted by molar-refractivity contribution is -0.274. The fourth-order valence-electron chi connectivity index (χ4n) is 3.08. The standard InChI is InChI=1S/C18H27F3N4O/c1-13-7-6-10-25(11-13)17(2,3)12-23-16(22)24-14-8-4-5-9-15(14)26-18(19,20)21/h4-5,8-9,13H,6-7,10-12H2,1-3H3,(H3,22,23,24). The molecule has 2 rings (SSSR count). The summed E-state index contributed by atoms with van der Waals surface area (Å²) in [5, 5.41) is 2.70. The van der Waals surface area contributed by atoms with Gasteiger partial charge >= 0.3 is 6.36 Å². The summed E-state index contributed by atoms with van der Waals surface area (Å²) >= 11 is 0. The van der Waals surface area contributed by atoms with E-state index in [1.165, 1.54) is 24.6 Å². The van der Waals surface area contributed by atoms with E-state index in [9.17, 15) is 13.2 Å². The van der Waals surface area contributed by atoms with E-state index in [0.29, 0.717) is 12.5 Å². The van der Waals surface area contributed by atoms with Crippen LogP contribution in [0.3, 0.4) is 0 Å². The number of piperidine rings is 1. The minimum Gasteiger partial charge on any atom is -0.404 e. The van der Waals surface area contributed by atoms with Crippen LogP contribution in [-0.4, -0.2) is 42.4 Å². The van der Waals surface area contributed by atoms with Crippen molar-refractivity contribution in [2.75, 3.05) is 25.0 Å². The Hall–Kier alpha value is -1.96. The highest BCUT2D eigenvalue weighted by Crippen LogP contribution is 2.30. The van der Waals surface area contributed by atoms with Crippen LogP contribution in [0, 0.1) is 5.92 Å². The molecule has 1 saturated heterocycles. The predicted octanol–water partition coefficient (Wildman–Crippen LogP) is 3.82. The molecule has 1 aromatic rings. The van der Waals surface area contributed by atoms with Crippen LogP contribution >= 0.6 is 0 Å². The number of nitrogens with zero attached hydrogens (tertiary/aromatic N) is 2. The van der Waals surface area contributed by atoms with Crippen LogP contribution in [0.2, 0.25) is 0 Å². The molecule has 1 fully saturated rings. The first kappa shape index (κ1) is 20.4. The van der Waals surface area contributed by atoms with Gasteiger partial charge in [-0.1, -0.05) is 19.1 Å². The number of hydrogen-bond acceptors (Lipinski definition) is 3. The largest absolute Gasteiger partial charge is 0.573 e. The maximum Gasteiger partial charge on any atom is 0.573 e. The number of likely N-dealkylation sites (tertiary alicyclic amines) is 1.